The van der Waals surface area contributed by atoms with E-state index in [-0.39, 0.29) is 10.8 Å². The highest BCUT2D eigenvalue weighted by Gasteiger charge is 2.33. The van der Waals surface area contributed by atoms with Gasteiger partial charge in [0.2, 0.25) is 0 Å². The molecule has 30 heavy (non-hydrogen) atoms. The van der Waals surface area contributed by atoms with E-state index in [0.29, 0.717) is 42.9 Å². The van der Waals surface area contributed by atoms with Gasteiger partial charge in [-0.1, -0.05) is 6.07 Å². The third-order valence-electron chi connectivity index (χ3n) is 5.26. The Morgan fingerprint density at radius 2 is 1.83 bits per heavy atom. The highest BCUT2D eigenvalue weighted by molar-refractivity contribution is 7.92. The molecule has 1 aromatic heterocycles. The number of carbonyl (C=O) groups excluding carboxylic acids is 1. The second-order valence-corrected chi connectivity index (χ2v) is 9.24. The summed E-state index contributed by atoms with van der Waals surface area (Å²) < 4.78 is 32.5. The highest BCUT2D eigenvalue weighted by Crippen LogP contribution is 2.27. The number of methoxy groups -OCH3 is 1. The summed E-state index contributed by atoms with van der Waals surface area (Å²) >= 11 is 0. The normalized spacial score (nSPS) is 15.2. The summed E-state index contributed by atoms with van der Waals surface area (Å²) in [6.45, 7) is 0.766. The average Bonchev–Trinajstić information content (AvgIpc) is 3.34. The summed E-state index contributed by atoms with van der Waals surface area (Å²) in [6.07, 6.45) is 2.25. The molecule has 1 fully saturated rings. The van der Waals surface area contributed by atoms with Crippen molar-refractivity contribution >= 4 is 15.7 Å². The molecule has 0 radical (unpaired) electrons. The van der Waals surface area contributed by atoms with E-state index in [1.807, 2.05) is 0 Å². The number of amides is 1. The second-order valence-electron chi connectivity index (χ2n) is 7.02. The van der Waals surface area contributed by atoms with Crippen LogP contribution >= 0.6 is 0 Å². The van der Waals surface area contributed by atoms with E-state index in [1.165, 1.54) is 18.1 Å². The first-order chi connectivity index (χ1) is 14.5. The number of aromatic nitrogens is 4. The molecule has 0 spiro atoms. The van der Waals surface area contributed by atoms with Crippen molar-refractivity contribution in [2.45, 2.75) is 23.0 Å². The molecule has 0 saturated carbocycles. The Hall–Kier alpha value is -3.27. The van der Waals surface area contributed by atoms with Crippen molar-refractivity contribution in [3.63, 3.8) is 0 Å². The lowest BCUT2D eigenvalue weighted by Crippen LogP contribution is -2.42. The van der Waals surface area contributed by atoms with Crippen LogP contribution in [-0.4, -0.2) is 64.9 Å². The first-order valence-electron chi connectivity index (χ1n) is 9.49. The van der Waals surface area contributed by atoms with Gasteiger partial charge in [0, 0.05) is 18.7 Å². The van der Waals surface area contributed by atoms with Gasteiger partial charge in [0.05, 0.1) is 22.9 Å². The Labute approximate surface area is 174 Å². The molecule has 156 valence electrons. The van der Waals surface area contributed by atoms with E-state index in [1.54, 1.807) is 53.4 Å². The zero-order valence-electron chi connectivity index (χ0n) is 16.4. The van der Waals surface area contributed by atoms with Gasteiger partial charge in [0.15, 0.2) is 9.84 Å². The average molecular weight is 427 g/mol. The third-order valence-corrected chi connectivity index (χ3v) is 7.54. The van der Waals surface area contributed by atoms with Crippen LogP contribution in [0.4, 0.5) is 0 Å². The van der Waals surface area contributed by atoms with Crippen molar-refractivity contribution in [1.82, 2.24) is 25.1 Å². The molecule has 2 aromatic carbocycles. The Bertz CT molecular complexity index is 1120. The monoisotopic (exact) mass is 427 g/mol. The molecule has 1 saturated heterocycles. The lowest BCUT2D eigenvalue weighted by atomic mass is 10.1. The van der Waals surface area contributed by atoms with Crippen LogP contribution < -0.4 is 4.74 Å². The Kier molecular flexibility index (Phi) is 5.49. The van der Waals surface area contributed by atoms with Gasteiger partial charge < -0.3 is 9.64 Å². The molecule has 1 aliphatic heterocycles. The maximum absolute atomic E-state index is 12.9. The highest BCUT2D eigenvalue weighted by atomic mass is 32.2. The fourth-order valence-electron chi connectivity index (χ4n) is 3.57. The van der Waals surface area contributed by atoms with Gasteiger partial charge in [-0.3, -0.25) is 4.79 Å². The molecule has 4 rings (SSSR count). The van der Waals surface area contributed by atoms with Gasteiger partial charge in [-0.05, 0) is 65.7 Å². The molecule has 0 atom stereocenters. The van der Waals surface area contributed by atoms with Gasteiger partial charge in [-0.2, -0.15) is 0 Å². The maximum atomic E-state index is 12.9. The number of nitrogens with zero attached hydrogens (tertiary/aromatic N) is 5. The number of tetrazole rings is 1. The van der Waals surface area contributed by atoms with E-state index in [4.69, 9.17) is 4.74 Å². The summed E-state index contributed by atoms with van der Waals surface area (Å²) in [6, 6.07) is 13.4. The first kappa shape index (κ1) is 20.0. The van der Waals surface area contributed by atoms with Crippen molar-refractivity contribution in [3.8, 4) is 11.4 Å². The number of hydrogen-bond acceptors (Lipinski definition) is 7. The minimum Gasteiger partial charge on any atom is -0.497 e. The number of ether oxygens (including phenoxy) is 1. The molecule has 9 nitrogen and oxygen atoms in total. The van der Waals surface area contributed by atoms with Gasteiger partial charge in [0.25, 0.3) is 5.91 Å². The number of benzene rings is 2. The quantitative estimate of drug-likeness (QED) is 0.610. The largest absolute Gasteiger partial charge is 0.497 e. The predicted octanol–water partition coefficient (Wildman–Crippen LogP) is 1.75. The molecule has 1 amide bonds. The fraction of sp³-hybridized carbons (Fsp3) is 0.300. The number of sulfone groups is 1. The van der Waals surface area contributed by atoms with Crippen LogP contribution in [0, 0.1) is 0 Å². The zero-order chi connectivity index (χ0) is 21.1. The zero-order valence-corrected chi connectivity index (χ0v) is 17.2. The van der Waals surface area contributed by atoms with Crippen LogP contribution in [0.15, 0.2) is 59.8 Å². The Morgan fingerprint density at radius 3 is 2.47 bits per heavy atom. The summed E-state index contributed by atoms with van der Waals surface area (Å²) in [7, 11) is -1.92. The van der Waals surface area contributed by atoms with Crippen molar-refractivity contribution < 1.29 is 17.9 Å². The second kappa shape index (κ2) is 8.23. The molecule has 1 aliphatic rings. The fourth-order valence-corrected chi connectivity index (χ4v) is 5.30. The van der Waals surface area contributed by atoms with Crippen molar-refractivity contribution in [3.05, 3.63) is 60.4 Å². The number of rotatable bonds is 5. The van der Waals surface area contributed by atoms with Crippen LogP contribution in [0.2, 0.25) is 0 Å². The van der Waals surface area contributed by atoms with E-state index in [2.05, 4.69) is 15.5 Å². The van der Waals surface area contributed by atoms with Crippen LogP contribution in [0.5, 0.6) is 5.75 Å². The number of carbonyl (C=O) groups is 1. The summed E-state index contributed by atoms with van der Waals surface area (Å²) in [5, 5.41) is 10.5. The van der Waals surface area contributed by atoms with E-state index in [0.717, 1.165) is 0 Å². The smallest absolute Gasteiger partial charge is 0.253 e. The number of likely N-dealkylation sites (tertiary alicyclic amines) is 1. The number of piperidine rings is 1. The van der Waals surface area contributed by atoms with Crippen LogP contribution in [-0.2, 0) is 9.84 Å². The SMILES string of the molecule is COc1ccc(S(=O)(=O)C2CCN(C(=O)c3cccc(-n4cnnn4)c3)CC2)cc1. The van der Waals surface area contributed by atoms with Gasteiger partial charge in [0.1, 0.15) is 12.1 Å². The molecular formula is C20H21N5O4S. The molecule has 0 aliphatic carbocycles. The minimum absolute atomic E-state index is 0.134. The summed E-state index contributed by atoms with van der Waals surface area (Å²) in [5.41, 5.74) is 1.20. The molecule has 3 aromatic rings. The molecule has 2 heterocycles. The molecule has 10 heteroatoms. The molecule has 0 N–H and O–H groups in total. The lowest BCUT2D eigenvalue weighted by molar-refractivity contribution is 0.0725. The maximum Gasteiger partial charge on any atom is 0.253 e. The summed E-state index contributed by atoms with van der Waals surface area (Å²) in [4.78, 5) is 14.9. The minimum atomic E-state index is -3.46. The molecular weight excluding hydrogens is 406 g/mol. The predicted molar refractivity (Wildman–Crippen MR) is 108 cm³/mol. The van der Waals surface area contributed by atoms with E-state index in [9.17, 15) is 13.2 Å². The van der Waals surface area contributed by atoms with Gasteiger partial charge in [-0.15, -0.1) is 5.10 Å². The van der Waals surface area contributed by atoms with Crippen molar-refractivity contribution in [2.75, 3.05) is 20.2 Å². The van der Waals surface area contributed by atoms with Gasteiger partial charge in [-0.25, -0.2) is 13.1 Å². The van der Waals surface area contributed by atoms with E-state index >= 15 is 0 Å². The summed E-state index contributed by atoms with van der Waals surface area (Å²) in [5.74, 6) is 0.475. The van der Waals surface area contributed by atoms with Crippen LogP contribution in [0.1, 0.15) is 23.2 Å². The molecule has 0 bridgehead atoms. The van der Waals surface area contributed by atoms with E-state index < -0.39 is 15.1 Å². The first-order valence-corrected chi connectivity index (χ1v) is 11.0. The Balaban J connectivity index is 1.44. The van der Waals surface area contributed by atoms with Crippen molar-refractivity contribution in [2.24, 2.45) is 0 Å². The topological polar surface area (TPSA) is 107 Å². The van der Waals surface area contributed by atoms with Crippen LogP contribution in [0.25, 0.3) is 5.69 Å². The Morgan fingerprint density at radius 1 is 1.10 bits per heavy atom. The standard InChI is InChI=1S/C20H21N5O4S/c1-29-17-5-7-18(8-6-17)30(27,28)19-9-11-24(12-10-19)20(26)15-3-2-4-16(13-15)25-14-21-22-23-25/h2-8,13-14,19H,9-12H2,1H3. The van der Waals surface area contributed by atoms with Crippen molar-refractivity contribution in [1.29, 1.82) is 0 Å². The lowest BCUT2D eigenvalue weighted by Gasteiger charge is -2.32. The van der Waals surface area contributed by atoms with Crippen LogP contribution in [0.3, 0.4) is 0 Å². The molecule has 0 unspecified atom stereocenters. The third kappa shape index (κ3) is 3.90. The number of hydrogen-bond donors (Lipinski definition) is 0. The van der Waals surface area contributed by atoms with Gasteiger partial charge >= 0.3 is 0 Å².